The smallest absolute Gasteiger partial charge is 0.327 e. The van der Waals surface area contributed by atoms with Crippen molar-refractivity contribution in [3.63, 3.8) is 0 Å². The number of methoxy groups -OCH3 is 1. The second-order valence-electron chi connectivity index (χ2n) is 3.89. The Morgan fingerprint density at radius 3 is 2.94 bits per heavy atom. The number of anilines is 1. The Balaban J connectivity index is 2.15. The zero-order valence-corrected chi connectivity index (χ0v) is 10.3. The molecule has 0 saturated carbocycles. The van der Waals surface area contributed by atoms with Crippen molar-refractivity contribution in [2.75, 3.05) is 12.4 Å². The lowest BCUT2D eigenvalue weighted by atomic mass is 10.2. The number of carbonyl (C=O) groups is 1. The molecule has 0 aliphatic heterocycles. The average Bonchev–Trinajstić information content (AvgIpc) is 2.92. The molecule has 0 fully saturated rings. The fraction of sp³-hybridized carbons (Fsp3) is 0.231. The van der Waals surface area contributed by atoms with Gasteiger partial charge in [0.15, 0.2) is 0 Å². The maximum Gasteiger partial charge on any atom is 0.327 e. The summed E-state index contributed by atoms with van der Waals surface area (Å²) in [6.45, 7) is 1.76. The van der Waals surface area contributed by atoms with Gasteiger partial charge < -0.3 is 10.1 Å². The first-order chi connectivity index (χ1) is 8.70. The Morgan fingerprint density at radius 1 is 1.44 bits per heavy atom. The Kier molecular flexibility index (Phi) is 3.62. The predicted octanol–water partition coefficient (Wildman–Crippen LogP) is 1.85. The van der Waals surface area contributed by atoms with Crippen LogP contribution in [0.4, 0.5) is 5.69 Å². The zero-order chi connectivity index (χ0) is 13.0. The van der Waals surface area contributed by atoms with E-state index in [4.69, 9.17) is 0 Å². The minimum Gasteiger partial charge on any atom is -0.467 e. The van der Waals surface area contributed by atoms with Gasteiger partial charge in [-0.1, -0.05) is 6.07 Å². The van der Waals surface area contributed by atoms with Crippen LogP contribution >= 0.6 is 0 Å². The van der Waals surface area contributed by atoms with E-state index >= 15 is 0 Å². The number of hydrogen-bond acceptors (Lipinski definition) is 4. The molecule has 0 aliphatic carbocycles. The molecule has 0 aliphatic rings. The Labute approximate surface area is 105 Å². The second-order valence-corrected chi connectivity index (χ2v) is 3.89. The molecular formula is C13H15N3O2. The standard InChI is InChI=1S/C13H15N3O2/c1-10(13(17)18-2)15-11-5-3-6-12(9-11)16-8-4-7-14-16/h3-10,15H,1-2H3. The maximum absolute atomic E-state index is 11.3. The third kappa shape index (κ3) is 2.68. The van der Waals surface area contributed by atoms with Crippen LogP contribution in [0.2, 0.25) is 0 Å². The van der Waals surface area contributed by atoms with E-state index in [2.05, 4.69) is 15.2 Å². The third-order valence-corrected chi connectivity index (χ3v) is 2.55. The molecular weight excluding hydrogens is 230 g/mol. The lowest BCUT2D eigenvalue weighted by Gasteiger charge is -2.13. The van der Waals surface area contributed by atoms with Gasteiger partial charge in [0, 0.05) is 18.1 Å². The van der Waals surface area contributed by atoms with Crippen LogP contribution in [0, 0.1) is 0 Å². The van der Waals surface area contributed by atoms with Crippen molar-refractivity contribution in [3.05, 3.63) is 42.7 Å². The van der Waals surface area contributed by atoms with Crippen molar-refractivity contribution in [2.24, 2.45) is 0 Å². The number of aromatic nitrogens is 2. The van der Waals surface area contributed by atoms with E-state index in [0.717, 1.165) is 11.4 Å². The molecule has 1 aromatic carbocycles. The molecule has 0 bridgehead atoms. The predicted molar refractivity (Wildman–Crippen MR) is 68.7 cm³/mol. The van der Waals surface area contributed by atoms with Crippen LogP contribution in [0.25, 0.3) is 5.69 Å². The molecule has 94 valence electrons. The van der Waals surface area contributed by atoms with Gasteiger partial charge in [-0.15, -0.1) is 0 Å². The summed E-state index contributed by atoms with van der Waals surface area (Å²) in [4.78, 5) is 11.3. The molecule has 0 radical (unpaired) electrons. The van der Waals surface area contributed by atoms with Gasteiger partial charge in [-0.2, -0.15) is 5.10 Å². The van der Waals surface area contributed by atoms with Gasteiger partial charge in [0.1, 0.15) is 6.04 Å². The molecule has 1 heterocycles. The summed E-state index contributed by atoms with van der Waals surface area (Å²) >= 11 is 0. The molecule has 0 amide bonds. The third-order valence-electron chi connectivity index (χ3n) is 2.55. The van der Waals surface area contributed by atoms with Crippen molar-refractivity contribution < 1.29 is 9.53 Å². The molecule has 1 unspecified atom stereocenters. The van der Waals surface area contributed by atoms with Gasteiger partial charge in [-0.05, 0) is 31.2 Å². The highest BCUT2D eigenvalue weighted by molar-refractivity contribution is 5.78. The van der Waals surface area contributed by atoms with Crippen LogP contribution in [0.1, 0.15) is 6.92 Å². The first kappa shape index (κ1) is 12.2. The number of carbonyl (C=O) groups excluding carboxylic acids is 1. The summed E-state index contributed by atoms with van der Waals surface area (Å²) in [6, 6.07) is 9.14. The number of rotatable bonds is 4. The molecule has 1 aromatic heterocycles. The molecule has 2 aromatic rings. The zero-order valence-electron chi connectivity index (χ0n) is 10.3. The lowest BCUT2D eigenvalue weighted by molar-refractivity contribution is -0.141. The highest BCUT2D eigenvalue weighted by Gasteiger charge is 2.12. The normalized spacial score (nSPS) is 11.9. The second kappa shape index (κ2) is 5.35. The van der Waals surface area contributed by atoms with Crippen LogP contribution in [-0.2, 0) is 9.53 Å². The summed E-state index contributed by atoms with van der Waals surface area (Å²) in [5.74, 6) is -0.292. The van der Waals surface area contributed by atoms with Gasteiger partial charge in [0.05, 0.1) is 12.8 Å². The quantitative estimate of drug-likeness (QED) is 0.835. The summed E-state index contributed by atoms with van der Waals surface area (Å²) < 4.78 is 6.43. The number of esters is 1. The summed E-state index contributed by atoms with van der Waals surface area (Å²) in [5.41, 5.74) is 1.78. The molecule has 1 N–H and O–H groups in total. The van der Waals surface area contributed by atoms with Crippen molar-refractivity contribution in [3.8, 4) is 5.69 Å². The largest absolute Gasteiger partial charge is 0.467 e. The molecule has 0 spiro atoms. The summed E-state index contributed by atoms with van der Waals surface area (Å²) in [7, 11) is 1.38. The summed E-state index contributed by atoms with van der Waals surface area (Å²) in [5, 5.41) is 7.23. The Morgan fingerprint density at radius 2 is 2.28 bits per heavy atom. The SMILES string of the molecule is COC(=O)C(C)Nc1cccc(-n2cccn2)c1. The van der Waals surface area contributed by atoms with E-state index < -0.39 is 0 Å². The van der Waals surface area contributed by atoms with Crippen LogP contribution in [0.3, 0.4) is 0 Å². The van der Waals surface area contributed by atoms with Gasteiger partial charge in [-0.3, -0.25) is 0 Å². The highest BCUT2D eigenvalue weighted by atomic mass is 16.5. The number of benzene rings is 1. The average molecular weight is 245 g/mol. The molecule has 5 nitrogen and oxygen atoms in total. The minimum absolute atomic E-state index is 0.292. The van der Waals surface area contributed by atoms with E-state index in [1.807, 2.05) is 36.5 Å². The van der Waals surface area contributed by atoms with E-state index in [-0.39, 0.29) is 12.0 Å². The number of nitrogens with zero attached hydrogens (tertiary/aromatic N) is 2. The maximum atomic E-state index is 11.3. The monoisotopic (exact) mass is 245 g/mol. The van der Waals surface area contributed by atoms with E-state index in [0.29, 0.717) is 0 Å². The fourth-order valence-corrected chi connectivity index (χ4v) is 1.65. The fourth-order valence-electron chi connectivity index (χ4n) is 1.65. The molecule has 0 saturated heterocycles. The van der Waals surface area contributed by atoms with Gasteiger partial charge in [0.2, 0.25) is 0 Å². The first-order valence-corrected chi connectivity index (χ1v) is 5.65. The van der Waals surface area contributed by atoms with Crippen LogP contribution in [0.15, 0.2) is 42.7 Å². The van der Waals surface area contributed by atoms with E-state index in [1.54, 1.807) is 17.8 Å². The first-order valence-electron chi connectivity index (χ1n) is 5.65. The van der Waals surface area contributed by atoms with E-state index in [1.165, 1.54) is 7.11 Å². The minimum atomic E-state index is -0.386. The number of ether oxygens (including phenoxy) is 1. The van der Waals surface area contributed by atoms with E-state index in [9.17, 15) is 4.79 Å². The Hall–Kier alpha value is -2.30. The molecule has 5 heteroatoms. The van der Waals surface area contributed by atoms with Crippen molar-refractivity contribution in [1.29, 1.82) is 0 Å². The van der Waals surface area contributed by atoms with Crippen molar-refractivity contribution in [1.82, 2.24) is 9.78 Å². The summed E-state index contributed by atoms with van der Waals surface area (Å²) in [6.07, 6.45) is 3.58. The van der Waals surface area contributed by atoms with Gasteiger partial charge in [0.25, 0.3) is 0 Å². The van der Waals surface area contributed by atoms with Crippen molar-refractivity contribution in [2.45, 2.75) is 13.0 Å². The van der Waals surface area contributed by atoms with Gasteiger partial charge >= 0.3 is 5.97 Å². The molecule has 1 atom stereocenters. The van der Waals surface area contributed by atoms with Crippen LogP contribution in [0.5, 0.6) is 0 Å². The molecule has 18 heavy (non-hydrogen) atoms. The topological polar surface area (TPSA) is 56.1 Å². The number of nitrogens with one attached hydrogen (secondary N) is 1. The van der Waals surface area contributed by atoms with Crippen LogP contribution in [-0.4, -0.2) is 28.9 Å². The van der Waals surface area contributed by atoms with Gasteiger partial charge in [-0.25, -0.2) is 9.48 Å². The van der Waals surface area contributed by atoms with Crippen molar-refractivity contribution >= 4 is 11.7 Å². The Bertz CT molecular complexity index is 523. The highest BCUT2D eigenvalue weighted by Crippen LogP contribution is 2.14. The van der Waals surface area contributed by atoms with Crippen LogP contribution < -0.4 is 5.32 Å². The lowest BCUT2D eigenvalue weighted by Crippen LogP contribution is -2.27. The molecule has 2 rings (SSSR count). The number of hydrogen-bond donors (Lipinski definition) is 1.